The Morgan fingerprint density at radius 3 is 2.12 bits per heavy atom. The Kier molecular flexibility index (Phi) is 5.50. The van der Waals surface area contributed by atoms with Gasteiger partial charge < -0.3 is 9.47 Å². The molecule has 140 valence electrons. The van der Waals surface area contributed by atoms with Crippen molar-refractivity contribution in [3.8, 4) is 11.5 Å². The molecular weight excluding hydrogens is 324 g/mol. The van der Waals surface area contributed by atoms with E-state index in [1.54, 1.807) is 14.2 Å². The predicted molar refractivity (Wildman–Crippen MR) is 107 cm³/mol. The molecule has 0 aromatic heterocycles. The lowest BCUT2D eigenvalue weighted by atomic mass is 9.69. The smallest absolute Gasteiger partial charge is 0.185 e. The molecule has 0 heterocycles. The highest BCUT2D eigenvalue weighted by Crippen LogP contribution is 2.44. The standard InChI is InChI=1S/C23H30O3/c1-9-23(5,6)19-13-15(12-18(21(19)24)22(2,3)4)17-14-16(25-7)10-11-20(17)26-8/h9-15H,1H2,2-8H3. The monoisotopic (exact) mass is 354 g/mol. The molecule has 1 unspecified atom stereocenters. The van der Waals surface area contributed by atoms with Gasteiger partial charge in [0, 0.05) is 28.0 Å². The lowest BCUT2D eigenvalue weighted by molar-refractivity contribution is -0.114. The zero-order chi connectivity index (χ0) is 19.7. The van der Waals surface area contributed by atoms with E-state index < -0.39 is 5.41 Å². The fourth-order valence-electron chi connectivity index (χ4n) is 3.19. The summed E-state index contributed by atoms with van der Waals surface area (Å²) in [6, 6.07) is 5.76. The Labute approximate surface area is 157 Å². The lowest BCUT2D eigenvalue weighted by Gasteiger charge is -2.34. The minimum Gasteiger partial charge on any atom is -0.497 e. The SMILES string of the molecule is C=CC(C)(C)C1=CC(c2cc(OC)ccc2OC)C=C(C(C)(C)C)C1=O. The van der Waals surface area contributed by atoms with Gasteiger partial charge in [0.2, 0.25) is 0 Å². The number of hydrogen-bond donors (Lipinski definition) is 0. The number of Topliss-reactive ketones (excluding diaryl/α,β-unsaturated/α-hetero) is 1. The van der Waals surface area contributed by atoms with Crippen LogP contribution in [0.1, 0.15) is 46.1 Å². The zero-order valence-electron chi connectivity index (χ0n) is 17.0. The van der Waals surface area contributed by atoms with Gasteiger partial charge in [-0.05, 0) is 23.6 Å². The van der Waals surface area contributed by atoms with Gasteiger partial charge in [0.15, 0.2) is 5.78 Å². The van der Waals surface area contributed by atoms with Crippen LogP contribution in [0.15, 0.2) is 54.2 Å². The van der Waals surface area contributed by atoms with E-state index in [4.69, 9.17) is 9.47 Å². The van der Waals surface area contributed by atoms with E-state index >= 15 is 0 Å². The summed E-state index contributed by atoms with van der Waals surface area (Å²) in [5.74, 6) is 1.57. The lowest BCUT2D eigenvalue weighted by Crippen LogP contribution is -2.29. The molecule has 0 fully saturated rings. The van der Waals surface area contributed by atoms with Crippen molar-refractivity contribution in [3.05, 3.63) is 59.7 Å². The molecule has 0 bridgehead atoms. The summed E-state index contributed by atoms with van der Waals surface area (Å²) in [5, 5.41) is 0. The molecule has 0 saturated heterocycles. The molecule has 0 amide bonds. The number of rotatable bonds is 5. The molecular formula is C23H30O3. The van der Waals surface area contributed by atoms with E-state index in [0.29, 0.717) is 0 Å². The van der Waals surface area contributed by atoms with Gasteiger partial charge in [-0.1, -0.05) is 52.8 Å². The van der Waals surface area contributed by atoms with Crippen LogP contribution in [-0.2, 0) is 4.79 Å². The van der Waals surface area contributed by atoms with Gasteiger partial charge in [-0.3, -0.25) is 4.79 Å². The van der Waals surface area contributed by atoms with Gasteiger partial charge in [0.1, 0.15) is 11.5 Å². The van der Waals surface area contributed by atoms with Crippen molar-refractivity contribution in [2.75, 3.05) is 14.2 Å². The first-order valence-corrected chi connectivity index (χ1v) is 8.90. The maximum absolute atomic E-state index is 13.2. The number of carbonyl (C=O) groups is 1. The van der Waals surface area contributed by atoms with Crippen molar-refractivity contribution >= 4 is 5.78 Å². The number of methoxy groups -OCH3 is 2. The molecule has 1 atom stereocenters. The van der Waals surface area contributed by atoms with Crippen molar-refractivity contribution in [3.63, 3.8) is 0 Å². The van der Waals surface area contributed by atoms with Gasteiger partial charge >= 0.3 is 0 Å². The average Bonchev–Trinajstić information content (AvgIpc) is 2.60. The summed E-state index contributed by atoms with van der Waals surface area (Å²) >= 11 is 0. The van der Waals surface area contributed by atoms with Gasteiger partial charge in [-0.25, -0.2) is 0 Å². The van der Waals surface area contributed by atoms with Crippen molar-refractivity contribution in [2.45, 2.75) is 40.5 Å². The quantitative estimate of drug-likeness (QED) is 0.657. The molecule has 0 spiro atoms. The van der Waals surface area contributed by atoms with Gasteiger partial charge in [-0.15, -0.1) is 6.58 Å². The summed E-state index contributed by atoms with van der Waals surface area (Å²) in [6.45, 7) is 14.2. The van der Waals surface area contributed by atoms with E-state index in [0.717, 1.165) is 28.2 Å². The largest absolute Gasteiger partial charge is 0.497 e. The summed E-state index contributed by atoms with van der Waals surface area (Å²) in [5.41, 5.74) is 1.91. The molecule has 0 N–H and O–H groups in total. The van der Waals surface area contributed by atoms with Gasteiger partial charge in [0.25, 0.3) is 0 Å². The zero-order valence-corrected chi connectivity index (χ0v) is 17.0. The number of carbonyl (C=O) groups excluding carboxylic acids is 1. The van der Waals surface area contributed by atoms with Crippen molar-refractivity contribution in [1.82, 2.24) is 0 Å². The summed E-state index contributed by atoms with van der Waals surface area (Å²) < 4.78 is 11.0. The molecule has 0 radical (unpaired) electrons. The van der Waals surface area contributed by atoms with Crippen LogP contribution < -0.4 is 9.47 Å². The van der Waals surface area contributed by atoms with E-state index in [-0.39, 0.29) is 17.1 Å². The molecule has 1 aliphatic carbocycles. The van der Waals surface area contributed by atoms with Crippen LogP contribution >= 0.6 is 0 Å². The van der Waals surface area contributed by atoms with E-state index in [1.807, 2.05) is 44.2 Å². The first-order chi connectivity index (χ1) is 12.0. The third-order valence-corrected chi connectivity index (χ3v) is 4.99. The molecule has 26 heavy (non-hydrogen) atoms. The average molecular weight is 354 g/mol. The highest BCUT2D eigenvalue weighted by molar-refractivity contribution is 6.11. The maximum Gasteiger partial charge on any atom is 0.185 e. The van der Waals surface area contributed by atoms with Crippen molar-refractivity contribution in [2.24, 2.45) is 10.8 Å². The van der Waals surface area contributed by atoms with Crippen molar-refractivity contribution < 1.29 is 14.3 Å². The molecule has 1 aromatic carbocycles. The second-order valence-electron chi connectivity index (χ2n) is 8.30. The minimum atomic E-state index is -0.411. The Hall–Kier alpha value is -2.29. The van der Waals surface area contributed by atoms with E-state index in [9.17, 15) is 4.79 Å². The molecule has 0 aliphatic heterocycles. The van der Waals surface area contributed by atoms with Crippen LogP contribution in [0.5, 0.6) is 11.5 Å². The summed E-state index contributed by atoms with van der Waals surface area (Å²) in [7, 11) is 3.31. The van der Waals surface area contributed by atoms with Crippen LogP contribution in [0.4, 0.5) is 0 Å². The highest BCUT2D eigenvalue weighted by Gasteiger charge is 2.36. The number of benzene rings is 1. The maximum atomic E-state index is 13.2. The number of ether oxygens (including phenoxy) is 2. The topological polar surface area (TPSA) is 35.5 Å². The van der Waals surface area contributed by atoms with Crippen LogP contribution in [0.25, 0.3) is 0 Å². The van der Waals surface area contributed by atoms with Gasteiger partial charge in [-0.2, -0.15) is 0 Å². The van der Waals surface area contributed by atoms with E-state index in [1.165, 1.54) is 0 Å². The van der Waals surface area contributed by atoms with Gasteiger partial charge in [0.05, 0.1) is 14.2 Å². The Morgan fingerprint density at radius 2 is 1.62 bits per heavy atom. The third-order valence-electron chi connectivity index (χ3n) is 4.99. The first kappa shape index (κ1) is 20.0. The number of ketones is 1. The van der Waals surface area contributed by atoms with Crippen LogP contribution in [0.2, 0.25) is 0 Å². The van der Waals surface area contributed by atoms with Crippen molar-refractivity contribution in [1.29, 1.82) is 0 Å². The second kappa shape index (κ2) is 7.14. The molecule has 0 saturated carbocycles. The van der Waals surface area contributed by atoms with Crippen LogP contribution in [0.3, 0.4) is 0 Å². The molecule has 3 nitrogen and oxygen atoms in total. The molecule has 2 rings (SSSR count). The number of hydrogen-bond acceptors (Lipinski definition) is 3. The number of allylic oxidation sites excluding steroid dienone is 5. The first-order valence-electron chi connectivity index (χ1n) is 8.90. The van der Waals surface area contributed by atoms with E-state index in [2.05, 4.69) is 33.4 Å². The fourth-order valence-corrected chi connectivity index (χ4v) is 3.19. The normalized spacial score (nSPS) is 18.1. The van der Waals surface area contributed by atoms with Crippen LogP contribution in [-0.4, -0.2) is 20.0 Å². The Bertz CT molecular complexity index is 773. The molecule has 1 aromatic rings. The molecule has 3 heteroatoms. The summed E-state index contributed by atoms with van der Waals surface area (Å²) in [4.78, 5) is 13.2. The predicted octanol–water partition coefficient (Wildman–Crippen LogP) is 5.48. The summed E-state index contributed by atoms with van der Waals surface area (Å²) in [6.07, 6.45) is 5.93. The third kappa shape index (κ3) is 3.77. The molecule has 1 aliphatic rings. The minimum absolute atomic E-state index is 0.0683. The highest BCUT2D eigenvalue weighted by atomic mass is 16.5. The Morgan fingerprint density at radius 1 is 1.00 bits per heavy atom. The second-order valence-corrected chi connectivity index (χ2v) is 8.30. The van der Waals surface area contributed by atoms with Crippen LogP contribution in [0, 0.1) is 10.8 Å². The Balaban J connectivity index is 2.71. The fraction of sp³-hybridized carbons (Fsp3) is 0.435.